The average molecular weight is 602 g/mol. The lowest BCUT2D eigenvalue weighted by molar-refractivity contribution is 0.0420. The summed E-state index contributed by atoms with van der Waals surface area (Å²) in [5.74, 6) is -1.12. The van der Waals surface area contributed by atoms with E-state index in [2.05, 4.69) is 27.6 Å². The molecule has 43 heavy (non-hydrogen) atoms. The molecule has 0 atom stereocenters. The summed E-state index contributed by atoms with van der Waals surface area (Å²) in [5.41, 5.74) is 1.38. The molecular weight excluding hydrogens is 570 g/mol. The van der Waals surface area contributed by atoms with E-state index >= 15 is 0 Å². The maximum Gasteiger partial charge on any atom is 0.259 e. The maximum atomic E-state index is 13.3. The summed E-state index contributed by atoms with van der Waals surface area (Å²) in [6, 6.07) is 18.1. The number of pyridine rings is 2. The van der Waals surface area contributed by atoms with Gasteiger partial charge in [0.05, 0.1) is 16.3 Å². The fourth-order valence-electron chi connectivity index (χ4n) is 4.99. The Morgan fingerprint density at radius 2 is 1.79 bits per heavy atom. The molecule has 1 aliphatic heterocycles. The molecule has 1 fully saturated rings. The van der Waals surface area contributed by atoms with E-state index in [4.69, 9.17) is 16.3 Å². The number of halogens is 1. The topological polar surface area (TPSA) is 126 Å². The zero-order chi connectivity index (χ0) is 30.3. The Labute approximate surface area is 253 Å². The zero-order valence-electron chi connectivity index (χ0n) is 23.6. The lowest BCUT2D eigenvalue weighted by Crippen LogP contribution is -2.39. The second kappa shape index (κ2) is 13.6. The van der Waals surface area contributed by atoms with Crippen LogP contribution in [0.1, 0.15) is 33.6 Å². The number of amides is 2. The Kier molecular flexibility index (Phi) is 9.51. The summed E-state index contributed by atoms with van der Waals surface area (Å²) in [7, 11) is 2.08. The fourth-order valence-corrected chi connectivity index (χ4v) is 5.10. The highest BCUT2D eigenvalue weighted by atomic mass is 35.5. The molecule has 3 heterocycles. The number of carbonyl (C=O) groups excluding carboxylic acids is 2. The fraction of sp³-hybridized carbons (Fsp3) is 0.250. The number of rotatable bonds is 9. The molecule has 2 aromatic heterocycles. The Bertz CT molecular complexity index is 1650. The predicted molar refractivity (Wildman–Crippen MR) is 166 cm³/mol. The molecule has 2 amide bonds. The highest BCUT2D eigenvalue weighted by Gasteiger charge is 2.20. The van der Waals surface area contributed by atoms with Crippen molar-refractivity contribution in [2.45, 2.75) is 25.4 Å². The summed E-state index contributed by atoms with van der Waals surface area (Å²) in [4.78, 5) is 45.7. The van der Waals surface area contributed by atoms with Gasteiger partial charge >= 0.3 is 0 Å². The molecule has 0 aliphatic carbocycles. The van der Waals surface area contributed by atoms with Gasteiger partial charge in [-0.3, -0.25) is 14.4 Å². The Balaban J connectivity index is 1.27. The summed E-state index contributed by atoms with van der Waals surface area (Å²) < 4.78 is 7.16. The molecule has 222 valence electrons. The van der Waals surface area contributed by atoms with Crippen molar-refractivity contribution in [3.63, 3.8) is 0 Å². The van der Waals surface area contributed by atoms with E-state index < -0.39 is 11.8 Å². The second-order valence-electron chi connectivity index (χ2n) is 10.3. The standard InChI is InChI=1S/C32H32ClN5O5/c1-37(24-13-18-43-19-14-24)16-17-38-15-3-5-25(32(38)42)21-7-9-22(10-8-21)30(40)36-29-26(4-2-6-27(29)39)31(41)35-28-12-11-23(33)20-34-28/h2-12,15,20,24,39H,13-14,16-19H2,1H3,(H,36,40)(H,34,35,41). The van der Waals surface area contributed by atoms with Gasteiger partial charge in [-0.15, -0.1) is 0 Å². The van der Waals surface area contributed by atoms with Gasteiger partial charge in [0.25, 0.3) is 17.4 Å². The normalized spacial score (nSPS) is 13.6. The van der Waals surface area contributed by atoms with Crippen molar-refractivity contribution in [1.82, 2.24) is 14.5 Å². The second-order valence-corrected chi connectivity index (χ2v) is 10.7. The monoisotopic (exact) mass is 601 g/mol. The van der Waals surface area contributed by atoms with Crippen LogP contribution in [0.3, 0.4) is 0 Å². The molecule has 0 saturated carbocycles. The molecule has 4 aromatic rings. The molecule has 0 spiro atoms. The molecule has 1 saturated heterocycles. The smallest absolute Gasteiger partial charge is 0.259 e. The number of aromatic nitrogens is 2. The first kappa shape index (κ1) is 30.0. The number of benzene rings is 2. The minimum atomic E-state index is -0.573. The van der Waals surface area contributed by atoms with E-state index in [1.807, 2.05) is 6.07 Å². The largest absolute Gasteiger partial charge is 0.506 e. The Morgan fingerprint density at radius 1 is 1.02 bits per heavy atom. The number of para-hydroxylation sites is 1. The Morgan fingerprint density at radius 3 is 2.51 bits per heavy atom. The number of anilines is 2. The Hall–Kier alpha value is -4.51. The third kappa shape index (κ3) is 7.29. The van der Waals surface area contributed by atoms with Crippen molar-refractivity contribution in [2.24, 2.45) is 0 Å². The predicted octanol–water partition coefficient (Wildman–Crippen LogP) is 4.88. The van der Waals surface area contributed by atoms with E-state index in [1.54, 1.807) is 47.2 Å². The number of hydrogen-bond donors (Lipinski definition) is 3. The van der Waals surface area contributed by atoms with Crippen LogP contribution in [0.4, 0.5) is 11.5 Å². The van der Waals surface area contributed by atoms with E-state index in [0.717, 1.165) is 32.6 Å². The number of aromatic hydroxyl groups is 1. The minimum Gasteiger partial charge on any atom is -0.506 e. The van der Waals surface area contributed by atoms with E-state index in [9.17, 15) is 19.5 Å². The third-order valence-corrected chi connectivity index (χ3v) is 7.70. The van der Waals surface area contributed by atoms with Crippen molar-refractivity contribution in [2.75, 3.05) is 37.4 Å². The quantitative estimate of drug-likeness (QED) is 0.233. The molecule has 3 N–H and O–H groups in total. The van der Waals surface area contributed by atoms with Crippen LogP contribution in [0.25, 0.3) is 11.1 Å². The first-order valence-corrected chi connectivity index (χ1v) is 14.3. The molecule has 0 radical (unpaired) electrons. The van der Waals surface area contributed by atoms with Gasteiger partial charge in [-0.05, 0) is 74.0 Å². The number of carbonyl (C=O) groups is 2. The molecule has 11 heteroatoms. The zero-order valence-corrected chi connectivity index (χ0v) is 24.4. The number of hydrogen-bond acceptors (Lipinski definition) is 7. The van der Waals surface area contributed by atoms with E-state index in [0.29, 0.717) is 28.7 Å². The van der Waals surface area contributed by atoms with Gasteiger partial charge in [0.2, 0.25) is 0 Å². The molecule has 1 aliphatic rings. The van der Waals surface area contributed by atoms with Crippen LogP contribution in [0.15, 0.2) is 83.9 Å². The lowest BCUT2D eigenvalue weighted by Gasteiger charge is -2.31. The van der Waals surface area contributed by atoms with Gasteiger partial charge in [-0.2, -0.15) is 0 Å². The first-order chi connectivity index (χ1) is 20.8. The number of ether oxygens (including phenoxy) is 1. The third-order valence-electron chi connectivity index (χ3n) is 7.48. The van der Waals surface area contributed by atoms with Crippen molar-refractivity contribution in [3.05, 3.63) is 106 Å². The van der Waals surface area contributed by atoms with E-state index in [1.165, 1.54) is 30.5 Å². The summed E-state index contributed by atoms with van der Waals surface area (Å²) in [5, 5.41) is 16.1. The van der Waals surface area contributed by atoms with Crippen LogP contribution in [-0.2, 0) is 11.3 Å². The van der Waals surface area contributed by atoms with Crippen LogP contribution in [0.2, 0.25) is 5.02 Å². The number of nitrogens with zero attached hydrogens (tertiary/aromatic N) is 3. The van der Waals surface area contributed by atoms with Crippen LogP contribution < -0.4 is 16.2 Å². The van der Waals surface area contributed by atoms with Crippen LogP contribution in [0, 0.1) is 0 Å². The summed E-state index contributed by atoms with van der Waals surface area (Å²) >= 11 is 5.86. The number of phenols is 1. The number of phenolic OH excluding ortho intramolecular Hbond substituents is 1. The van der Waals surface area contributed by atoms with Crippen molar-refractivity contribution >= 4 is 34.9 Å². The van der Waals surface area contributed by atoms with Gasteiger partial charge in [-0.1, -0.05) is 29.8 Å². The van der Waals surface area contributed by atoms with Gasteiger partial charge < -0.3 is 29.9 Å². The lowest BCUT2D eigenvalue weighted by atomic mass is 10.0. The highest BCUT2D eigenvalue weighted by molar-refractivity contribution is 6.30. The highest BCUT2D eigenvalue weighted by Crippen LogP contribution is 2.29. The summed E-state index contributed by atoms with van der Waals surface area (Å²) in [6.45, 7) is 2.84. The molecule has 0 bridgehead atoms. The average Bonchev–Trinajstić information content (AvgIpc) is 3.03. The molecule has 0 unspecified atom stereocenters. The van der Waals surface area contributed by atoms with E-state index in [-0.39, 0.29) is 33.9 Å². The van der Waals surface area contributed by atoms with Crippen molar-refractivity contribution in [1.29, 1.82) is 0 Å². The molecule has 10 nitrogen and oxygen atoms in total. The van der Waals surface area contributed by atoms with Crippen LogP contribution >= 0.6 is 11.6 Å². The number of likely N-dealkylation sites (N-methyl/N-ethyl adjacent to an activating group) is 1. The first-order valence-electron chi connectivity index (χ1n) is 13.9. The van der Waals surface area contributed by atoms with Gasteiger partial charge in [0.1, 0.15) is 11.6 Å². The van der Waals surface area contributed by atoms with Crippen LogP contribution in [-0.4, -0.2) is 64.2 Å². The molecule has 2 aromatic carbocycles. The van der Waals surface area contributed by atoms with Gasteiger partial charge in [-0.25, -0.2) is 4.98 Å². The van der Waals surface area contributed by atoms with Crippen molar-refractivity contribution < 1.29 is 19.4 Å². The molecular formula is C32H32ClN5O5. The van der Waals surface area contributed by atoms with Gasteiger partial charge in [0, 0.05) is 55.9 Å². The maximum absolute atomic E-state index is 13.3. The van der Waals surface area contributed by atoms with Crippen molar-refractivity contribution in [3.8, 4) is 16.9 Å². The minimum absolute atomic E-state index is 0.0419. The van der Waals surface area contributed by atoms with Gasteiger partial charge in [0.15, 0.2) is 0 Å². The number of nitrogens with one attached hydrogen (secondary N) is 2. The summed E-state index contributed by atoms with van der Waals surface area (Å²) in [6.07, 6.45) is 5.16. The molecule has 5 rings (SSSR count). The van der Waals surface area contributed by atoms with Crippen LogP contribution in [0.5, 0.6) is 5.75 Å². The SMILES string of the molecule is CN(CCn1cccc(-c2ccc(C(=O)Nc3c(O)cccc3C(=O)Nc3ccc(Cl)cn3)cc2)c1=O)C1CCOCC1.